The fourth-order valence-corrected chi connectivity index (χ4v) is 3.95. The first-order chi connectivity index (χ1) is 10.5. The standard InChI is InChI=1S/C16H24N2O2S2.ClH/c1-12(13-4-6-15(7-5-13)22(3)20)18(2)16(19)10-14-11-21-9-8-17-14;/h4-7,12,14,17H,8-11H2,1-3H3;1H. The average Bonchev–Trinajstić information content (AvgIpc) is 2.54. The molecule has 1 aromatic rings. The molecule has 3 atom stereocenters. The Hall–Kier alpha value is -0.560. The largest absolute Gasteiger partial charge is 0.339 e. The second-order valence-corrected chi connectivity index (χ2v) is 8.16. The molecule has 1 aromatic carbocycles. The summed E-state index contributed by atoms with van der Waals surface area (Å²) in [5, 5.41) is 3.40. The van der Waals surface area contributed by atoms with Gasteiger partial charge in [-0.05, 0) is 24.6 Å². The Labute approximate surface area is 151 Å². The molecule has 1 aliphatic heterocycles. The van der Waals surface area contributed by atoms with Crippen molar-refractivity contribution in [1.82, 2.24) is 10.2 Å². The summed E-state index contributed by atoms with van der Waals surface area (Å²) in [6, 6.07) is 7.97. The Morgan fingerprint density at radius 2 is 2.09 bits per heavy atom. The maximum atomic E-state index is 12.4. The molecule has 1 N–H and O–H groups in total. The predicted molar refractivity (Wildman–Crippen MR) is 101 cm³/mol. The molecule has 23 heavy (non-hydrogen) atoms. The van der Waals surface area contributed by atoms with Crippen molar-refractivity contribution >= 4 is 40.9 Å². The first-order valence-corrected chi connectivity index (χ1v) is 10.2. The molecule has 130 valence electrons. The van der Waals surface area contributed by atoms with Crippen molar-refractivity contribution in [2.75, 3.05) is 31.4 Å². The number of benzene rings is 1. The van der Waals surface area contributed by atoms with Crippen molar-refractivity contribution in [2.24, 2.45) is 0 Å². The second kappa shape index (κ2) is 9.67. The summed E-state index contributed by atoms with van der Waals surface area (Å²) in [4.78, 5) is 15.0. The monoisotopic (exact) mass is 376 g/mol. The van der Waals surface area contributed by atoms with Crippen LogP contribution in [0.5, 0.6) is 0 Å². The topological polar surface area (TPSA) is 49.4 Å². The van der Waals surface area contributed by atoms with Gasteiger partial charge >= 0.3 is 0 Å². The molecular weight excluding hydrogens is 352 g/mol. The molecule has 2 rings (SSSR count). The van der Waals surface area contributed by atoms with Crippen molar-refractivity contribution in [1.29, 1.82) is 0 Å². The summed E-state index contributed by atoms with van der Waals surface area (Å²) >= 11 is 1.90. The molecule has 7 heteroatoms. The number of halogens is 1. The number of nitrogens with one attached hydrogen (secondary N) is 1. The van der Waals surface area contributed by atoms with Crippen LogP contribution in [-0.2, 0) is 15.6 Å². The fourth-order valence-electron chi connectivity index (χ4n) is 2.48. The highest BCUT2D eigenvalue weighted by Gasteiger charge is 2.22. The SMILES string of the molecule is CC(c1ccc(S(C)=O)cc1)N(C)C(=O)CC1CSCCN1.Cl. The number of carbonyl (C=O) groups excluding carboxylic acids is 1. The summed E-state index contributed by atoms with van der Waals surface area (Å²) in [6.45, 7) is 3.01. The quantitative estimate of drug-likeness (QED) is 0.857. The van der Waals surface area contributed by atoms with E-state index in [4.69, 9.17) is 0 Å². The third-order valence-corrected chi connectivity index (χ3v) is 6.16. The van der Waals surface area contributed by atoms with E-state index < -0.39 is 10.8 Å². The Morgan fingerprint density at radius 3 is 2.61 bits per heavy atom. The van der Waals surface area contributed by atoms with Crippen LogP contribution < -0.4 is 5.32 Å². The molecule has 1 fully saturated rings. The van der Waals surface area contributed by atoms with Gasteiger partial charge in [-0.3, -0.25) is 9.00 Å². The second-order valence-electron chi connectivity index (χ2n) is 5.63. The number of amides is 1. The average molecular weight is 377 g/mol. The summed E-state index contributed by atoms with van der Waals surface area (Å²) in [5.74, 6) is 2.29. The van der Waals surface area contributed by atoms with E-state index >= 15 is 0 Å². The zero-order valence-electron chi connectivity index (χ0n) is 13.8. The Balaban J connectivity index is 0.00000264. The van der Waals surface area contributed by atoms with Crippen molar-refractivity contribution in [3.8, 4) is 0 Å². The minimum absolute atomic E-state index is 0. The van der Waals surface area contributed by atoms with Crippen LogP contribution in [0.25, 0.3) is 0 Å². The molecule has 0 bridgehead atoms. The van der Waals surface area contributed by atoms with Gasteiger partial charge in [0.15, 0.2) is 0 Å². The first-order valence-electron chi connectivity index (χ1n) is 7.49. The van der Waals surface area contributed by atoms with E-state index in [9.17, 15) is 9.00 Å². The molecule has 0 radical (unpaired) electrons. The van der Waals surface area contributed by atoms with Gasteiger partial charge in [0, 0.05) is 59.5 Å². The highest BCUT2D eigenvalue weighted by atomic mass is 35.5. The van der Waals surface area contributed by atoms with Gasteiger partial charge in [0.25, 0.3) is 0 Å². The van der Waals surface area contributed by atoms with Crippen molar-refractivity contribution < 1.29 is 9.00 Å². The van der Waals surface area contributed by atoms with E-state index in [1.54, 1.807) is 11.2 Å². The smallest absolute Gasteiger partial charge is 0.224 e. The highest BCUT2D eigenvalue weighted by molar-refractivity contribution is 7.99. The number of rotatable bonds is 5. The third kappa shape index (κ3) is 5.78. The molecule has 4 nitrogen and oxygen atoms in total. The molecule has 0 aromatic heterocycles. The number of hydrogen-bond acceptors (Lipinski definition) is 4. The zero-order valence-corrected chi connectivity index (χ0v) is 16.2. The van der Waals surface area contributed by atoms with Crippen LogP contribution in [-0.4, -0.2) is 52.4 Å². The van der Waals surface area contributed by atoms with Crippen molar-refractivity contribution in [2.45, 2.75) is 30.3 Å². The summed E-state index contributed by atoms with van der Waals surface area (Å²) in [6.07, 6.45) is 2.22. The number of nitrogens with zero attached hydrogens (tertiary/aromatic N) is 1. The molecule has 0 aliphatic carbocycles. The zero-order chi connectivity index (χ0) is 16.1. The summed E-state index contributed by atoms with van der Waals surface area (Å²) < 4.78 is 11.4. The van der Waals surface area contributed by atoms with Crippen LogP contribution in [0.2, 0.25) is 0 Å². The van der Waals surface area contributed by atoms with E-state index in [2.05, 4.69) is 5.32 Å². The van der Waals surface area contributed by atoms with Gasteiger partial charge in [-0.1, -0.05) is 12.1 Å². The van der Waals surface area contributed by atoms with E-state index in [0.717, 1.165) is 28.5 Å². The number of thioether (sulfide) groups is 1. The summed E-state index contributed by atoms with van der Waals surface area (Å²) in [5.41, 5.74) is 1.07. The van der Waals surface area contributed by atoms with Gasteiger partial charge in [0.05, 0.1) is 6.04 Å². The van der Waals surface area contributed by atoms with Gasteiger partial charge in [-0.25, -0.2) is 0 Å². The molecule has 0 spiro atoms. The Morgan fingerprint density at radius 1 is 1.43 bits per heavy atom. The van der Waals surface area contributed by atoms with Gasteiger partial charge in [-0.15, -0.1) is 12.4 Å². The van der Waals surface area contributed by atoms with Crippen molar-refractivity contribution in [3.63, 3.8) is 0 Å². The lowest BCUT2D eigenvalue weighted by atomic mass is 10.1. The maximum absolute atomic E-state index is 12.4. The van der Waals surface area contributed by atoms with E-state index in [1.807, 2.05) is 50.0 Å². The van der Waals surface area contributed by atoms with Gasteiger partial charge in [0.1, 0.15) is 0 Å². The lowest BCUT2D eigenvalue weighted by molar-refractivity contribution is -0.132. The molecular formula is C16H25ClN2O2S2. The van der Waals surface area contributed by atoms with E-state index in [-0.39, 0.29) is 30.4 Å². The minimum atomic E-state index is -0.966. The lowest BCUT2D eigenvalue weighted by Crippen LogP contribution is -2.42. The molecule has 1 aliphatic rings. The number of hydrogen-bond donors (Lipinski definition) is 1. The molecule has 1 amide bonds. The van der Waals surface area contributed by atoms with E-state index in [1.165, 1.54) is 0 Å². The van der Waals surface area contributed by atoms with Gasteiger partial charge in [0.2, 0.25) is 5.91 Å². The van der Waals surface area contributed by atoms with Crippen LogP contribution in [0.3, 0.4) is 0 Å². The summed E-state index contributed by atoms with van der Waals surface area (Å²) in [7, 11) is 0.890. The molecule has 0 saturated carbocycles. The minimum Gasteiger partial charge on any atom is -0.339 e. The third-order valence-electron chi connectivity index (χ3n) is 4.09. The highest BCUT2D eigenvalue weighted by Crippen LogP contribution is 2.21. The normalized spacial score (nSPS) is 20.2. The van der Waals surface area contributed by atoms with Crippen molar-refractivity contribution in [3.05, 3.63) is 29.8 Å². The lowest BCUT2D eigenvalue weighted by Gasteiger charge is -2.29. The van der Waals surface area contributed by atoms with E-state index in [0.29, 0.717) is 6.42 Å². The van der Waals surface area contributed by atoms with Gasteiger partial charge < -0.3 is 10.2 Å². The fraction of sp³-hybridized carbons (Fsp3) is 0.562. The first kappa shape index (κ1) is 20.5. The van der Waals surface area contributed by atoms with Crippen LogP contribution in [0.1, 0.15) is 24.9 Å². The van der Waals surface area contributed by atoms with Crippen LogP contribution in [0.4, 0.5) is 0 Å². The predicted octanol–water partition coefficient (Wildman–Crippen LogP) is 2.46. The molecule has 1 saturated heterocycles. The number of carbonyl (C=O) groups is 1. The Kier molecular flexibility index (Phi) is 8.61. The molecule has 3 unspecified atom stereocenters. The van der Waals surface area contributed by atoms with Crippen LogP contribution in [0.15, 0.2) is 29.2 Å². The van der Waals surface area contributed by atoms with Crippen LogP contribution >= 0.6 is 24.2 Å². The van der Waals surface area contributed by atoms with Crippen LogP contribution in [0, 0.1) is 0 Å². The Bertz CT molecular complexity index is 533. The molecule has 1 heterocycles. The van der Waals surface area contributed by atoms with Gasteiger partial charge in [-0.2, -0.15) is 11.8 Å². The maximum Gasteiger partial charge on any atom is 0.224 e.